The average molecular weight is 405 g/mol. The van der Waals surface area contributed by atoms with Crippen LogP contribution >= 0.6 is 0 Å². The van der Waals surface area contributed by atoms with Gasteiger partial charge in [-0.1, -0.05) is 17.3 Å². The predicted octanol–water partition coefficient (Wildman–Crippen LogP) is 4.80. The topological polar surface area (TPSA) is 106 Å². The number of halogens is 3. The third kappa shape index (κ3) is 4.48. The number of urea groups is 1. The van der Waals surface area contributed by atoms with E-state index in [4.69, 9.17) is 10.3 Å². The van der Waals surface area contributed by atoms with E-state index in [9.17, 15) is 18.0 Å². The fourth-order valence-electron chi connectivity index (χ4n) is 2.37. The molecule has 2 heterocycles. The number of benzene rings is 1. The van der Waals surface area contributed by atoms with Gasteiger partial charge in [-0.3, -0.25) is 5.32 Å². The number of alkyl halides is 3. The van der Waals surface area contributed by atoms with Crippen molar-refractivity contribution in [1.29, 1.82) is 0 Å². The fourth-order valence-corrected chi connectivity index (χ4v) is 2.37. The normalized spacial score (nSPS) is 11.9. The smallest absolute Gasteiger partial charge is 0.384 e. The molecular weight excluding hydrogens is 387 g/mol. The van der Waals surface area contributed by atoms with E-state index >= 15 is 0 Å². The van der Waals surface area contributed by atoms with E-state index in [1.54, 1.807) is 36.5 Å². The Labute approximate surface area is 164 Å². The summed E-state index contributed by atoms with van der Waals surface area (Å²) < 4.78 is 43.9. The highest BCUT2D eigenvalue weighted by Gasteiger charge is 2.51. The van der Waals surface area contributed by atoms with Crippen molar-refractivity contribution in [3.8, 4) is 11.1 Å². The van der Waals surface area contributed by atoms with Gasteiger partial charge in [0.1, 0.15) is 11.2 Å². The molecule has 3 rings (SSSR count). The van der Waals surface area contributed by atoms with Gasteiger partial charge in [-0.2, -0.15) is 13.2 Å². The zero-order valence-corrected chi connectivity index (χ0v) is 15.5. The Kier molecular flexibility index (Phi) is 5.19. The largest absolute Gasteiger partial charge is 0.401 e. The fraction of sp³-hybridized carbons (Fsp3) is 0.211. The number of nitrogens with one attached hydrogen (secondary N) is 2. The number of nitrogens with zero attached hydrogens (tertiary/aromatic N) is 2. The van der Waals surface area contributed by atoms with Crippen molar-refractivity contribution in [2.45, 2.75) is 25.4 Å². The highest BCUT2D eigenvalue weighted by Crippen LogP contribution is 2.41. The van der Waals surface area contributed by atoms with Crippen molar-refractivity contribution in [2.75, 3.05) is 16.4 Å². The number of hydrogen-bond acceptors (Lipinski definition) is 5. The van der Waals surface area contributed by atoms with Crippen LogP contribution in [0.4, 0.5) is 35.3 Å². The molecule has 0 bridgehead atoms. The van der Waals surface area contributed by atoms with Crippen LogP contribution < -0.4 is 16.4 Å². The van der Waals surface area contributed by atoms with E-state index in [1.165, 1.54) is 0 Å². The number of pyridine rings is 1. The molecule has 1 aromatic carbocycles. The molecule has 0 spiro atoms. The second-order valence-corrected chi connectivity index (χ2v) is 6.83. The van der Waals surface area contributed by atoms with E-state index in [0.717, 1.165) is 31.0 Å². The third-order valence-electron chi connectivity index (χ3n) is 4.34. The highest BCUT2D eigenvalue weighted by molar-refractivity contribution is 5.99. The van der Waals surface area contributed by atoms with Gasteiger partial charge in [0.05, 0.1) is 0 Å². The average Bonchev–Trinajstić information content (AvgIpc) is 3.11. The third-order valence-corrected chi connectivity index (χ3v) is 4.34. The molecule has 7 nitrogen and oxygen atoms in total. The molecule has 0 radical (unpaired) electrons. The molecule has 10 heteroatoms. The first-order valence-electron chi connectivity index (χ1n) is 8.50. The first kappa shape index (κ1) is 20.2. The molecule has 0 unspecified atom stereocenters. The lowest BCUT2D eigenvalue weighted by Crippen LogP contribution is -2.35. The minimum absolute atomic E-state index is 0.126. The molecule has 3 aromatic rings. The van der Waals surface area contributed by atoms with Gasteiger partial charge in [-0.15, -0.1) is 0 Å². The van der Waals surface area contributed by atoms with Crippen molar-refractivity contribution in [2.24, 2.45) is 0 Å². The lowest BCUT2D eigenvalue weighted by atomic mass is 9.89. The van der Waals surface area contributed by atoms with Gasteiger partial charge in [0.15, 0.2) is 11.6 Å². The van der Waals surface area contributed by atoms with Crippen molar-refractivity contribution in [3.05, 3.63) is 54.4 Å². The zero-order chi connectivity index (χ0) is 21.2. The van der Waals surface area contributed by atoms with Crippen LogP contribution in [0.25, 0.3) is 11.1 Å². The monoisotopic (exact) mass is 405 g/mol. The number of anilines is 3. The van der Waals surface area contributed by atoms with Crippen molar-refractivity contribution in [1.82, 2.24) is 10.1 Å². The first-order valence-corrected chi connectivity index (χ1v) is 8.50. The predicted molar refractivity (Wildman–Crippen MR) is 102 cm³/mol. The van der Waals surface area contributed by atoms with Crippen molar-refractivity contribution >= 4 is 23.4 Å². The van der Waals surface area contributed by atoms with Gasteiger partial charge < -0.3 is 15.6 Å². The minimum Gasteiger partial charge on any atom is -0.384 e. The van der Waals surface area contributed by atoms with E-state index in [2.05, 4.69) is 20.8 Å². The second-order valence-electron chi connectivity index (χ2n) is 6.83. The Morgan fingerprint density at radius 3 is 2.28 bits per heavy atom. The number of aromatic nitrogens is 2. The molecule has 0 fully saturated rings. The number of carbonyl (C=O) groups excluding carboxylic acids is 1. The summed E-state index contributed by atoms with van der Waals surface area (Å²) in [6.07, 6.45) is -2.89. The van der Waals surface area contributed by atoms with Crippen LogP contribution in [0.5, 0.6) is 0 Å². The molecule has 152 valence electrons. The molecule has 29 heavy (non-hydrogen) atoms. The summed E-state index contributed by atoms with van der Waals surface area (Å²) in [6.45, 7) is 1.94. The minimum atomic E-state index is -4.52. The molecule has 0 aliphatic carbocycles. The Balaban J connectivity index is 1.63. The lowest BCUT2D eigenvalue weighted by molar-refractivity contribution is -0.185. The number of amides is 2. The summed E-state index contributed by atoms with van der Waals surface area (Å²) in [5, 5.41) is 8.38. The summed E-state index contributed by atoms with van der Waals surface area (Å²) in [5.74, 6) is -0.112. The van der Waals surface area contributed by atoms with Crippen molar-refractivity contribution < 1.29 is 22.5 Å². The van der Waals surface area contributed by atoms with Crippen LogP contribution in [-0.4, -0.2) is 22.3 Å². The molecule has 0 atom stereocenters. The Bertz CT molecular complexity index is 996. The molecular formula is C19H18F3N5O2. The SMILES string of the molecule is CC(C)(c1cc(NC(=O)Nc2ccc(-c3ccc(N)nc3)cc2)no1)C(F)(F)F. The Morgan fingerprint density at radius 2 is 1.69 bits per heavy atom. The Morgan fingerprint density at radius 1 is 1.03 bits per heavy atom. The molecule has 2 aromatic heterocycles. The molecule has 0 saturated heterocycles. The molecule has 0 aliphatic rings. The Hall–Kier alpha value is -3.56. The van der Waals surface area contributed by atoms with Crippen LogP contribution in [-0.2, 0) is 5.41 Å². The summed E-state index contributed by atoms with van der Waals surface area (Å²) in [4.78, 5) is 16.1. The number of hydrogen-bond donors (Lipinski definition) is 3. The maximum atomic E-state index is 13.1. The highest BCUT2D eigenvalue weighted by atomic mass is 19.4. The van der Waals surface area contributed by atoms with Gasteiger partial charge in [0.2, 0.25) is 0 Å². The van der Waals surface area contributed by atoms with E-state index in [-0.39, 0.29) is 5.82 Å². The number of nitrogens with two attached hydrogens (primary N) is 1. The number of carbonyl (C=O) groups is 1. The molecule has 4 N–H and O–H groups in total. The van der Waals surface area contributed by atoms with E-state index in [0.29, 0.717) is 11.5 Å². The maximum Gasteiger partial charge on any atom is 0.401 e. The molecule has 0 aliphatic heterocycles. The van der Waals surface area contributed by atoms with Crippen LogP contribution in [0.3, 0.4) is 0 Å². The van der Waals surface area contributed by atoms with Crippen LogP contribution in [0.2, 0.25) is 0 Å². The molecule has 2 amide bonds. The standard InChI is InChI=1S/C19H18F3N5O2/c1-18(2,19(20,21)22)14-9-16(27-29-14)26-17(28)25-13-6-3-11(4-7-13)12-5-8-15(23)24-10-12/h3-10H,1-2H3,(H2,23,24)(H2,25,26,27,28). The van der Waals surface area contributed by atoms with Gasteiger partial charge in [-0.05, 0) is 43.7 Å². The number of nitrogen functional groups attached to an aromatic ring is 1. The first-order chi connectivity index (χ1) is 13.6. The summed E-state index contributed by atoms with van der Waals surface area (Å²) in [6, 6.07) is 10.8. The second kappa shape index (κ2) is 7.46. The molecule has 0 saturated carbocycles. The van der Waals surface area contributed by atoms with Gasteiger partial charge in [0.25, 0.3) is 0 Å². The lowest BCUT2D eigenvalue weighted by Gasteiger charge is -2.24. The van der Waals surface area contributed by atoms with Crippen LogP contribution in [0, 0.1) is 0 Å². The summed E-state index contributed by atoms with van der Waals surface area (Å²) >= 11 is 0. The summed E-state index contributed by atoms with van der Waals surface area (Å²) in [7, 11) is 0. The van der Waals surface area contributed by atoms with Crippen LogP contribution in [0.1, 0.15) is 19.6 Å². The van der Waals surface area contributed by atoms with Gasteiger partial charge in [0, 0.05) is 23.5 Å². The summed E-state index contributed by atoms with van der Waals surface area (Å²) in [5.41, 5.74) is 5.54. The van der Waals surface area contributed by atoms with Gasteiger partial charge >= 0.3 is 12.2 Å². The maximum absolute atomic E-state index is 13.1. The van der Waals surface area contributed by atoms with Crippen molar-refractivity contribution in [3.63, 3.8) is 0 Å². The quantitative estimate of drug-likeness (QED) is 0.578. The van der Waals surface area contributed by atoms with E-state index < -0.39 is 23.4 Å². The van der Waals surface area contributed by atoms with E-state index in [1.807, 2.05) is 6.07 Å². The number of rotatable bonds is 4. The van der Waals surface area contributed by atoms with Gasteiger partial charge in [-0.25, -0.2) is 9.78 Å². The zero-order valence-electron chi connectivity index (χ0n) is 15.5. The van der Waals surface area contributed by atoms with Crippen LogP contribution in [0.15, 0.2) is 53.2 Å².